The third-order valence-corrected chi connectivity index (χ3v) is 5.88. The molecule has 0 bridgehead atoms. The van der Waals surface area contributed by atoms with Gasteiger partial charge in [-0.3, -0.25) is 9.59 Å². The lowest BCUT2D eigenvalue weighted by molar-refractivity contribution is -0.127. The molecular formula is C20H20N4O2S2. The van der Waals surface area contributed by atoms with Crippen molar-refractivity contribution in [2.45, 2.75) is 5.16 Å². The molecule has 0 aliphatic carbocycles. The minimum atomic E-state index is -0.325. The van der Waals surface area contributed by atoms with E-state index >= 15 is 0 Å². The summed E-state index contributed by atoms with van der Waals surface area (Å²) in [6.45, 7) is 8.18. The van der Waals surface area contributed by atoms with Gasteiger partial charge in [-0.1, -0.05) is 54.2 Å². The van der Waals surface area contributed by atoms with Crippen LogP contribution in [-0.4, -0.2) is 39.3 Å². The standard InChI is InChI=1S/C20H20N4O2S2/c1-3-10-23(11-4-2)16(25)13-28-20-22-18-17(19(26)24(20)21)15(12-27-18)14-8-6-5-7-9-14/h3-9,12H,1-2,10-11,13,21H2. The maximum Gasteiger partial charge on any atom is 0.282 e. The van der Waals surface area contributed by atoms with E-state index in [0.717, 1.165) is 27.6 Å². The van der Waals surface area contributed by atoms with Gasteiger partial charge in [-0.15, -0.1) is 24.5 Å². The Kier molecular flexibility index (Phi) is 6.33. The zero-order valence-corrected chi connectivity index (χ0v) is 16.8. The van der Waals surface area contributed by atoms with Crippen molar-refractivity contribution in [2.24, 2.45) is 0 Å². The summed E-state index contributed by atoms with van der Waals surface area (Å²) >= 11 is 2.53. The highest BCUT2D eigenvalue weighted by atomic mass is 32.2. The number of aromatic nitrogens is 2. The molecule has 0 unspecified atom stereocenters. The van der Waals surface area contributed by atoms with Gasteiger partial charge in [0.15, 0.2) is 5.16 Å². The van der Waals surface area contributed by atoms with Crippen LogP contribution in [0.1, 0.15) is 0 Å². The number of carbonyl (C=O) groups is 1. The SMILES string of the molecule is C=CCN(CC=C)C(=O)CSc1nc2scc(-c3ccccc3)c2c(=O)n1N. The highest BCUT2D eigenvalue weighted by molar-refractivity contribution is 7.99. The van der Waals surface area contributed by atoms with E-state index in [1.165, 1.54) is 11.3 Å². The third kappa shape index (κ3) is 4.02. The molecule has 0 fully saturated rings. The zero-order chi connectivity index (χ0) is 20.1. The van der Waals surface area contributed by atoms with Gasteiger partial charge in [-0.2, -0.15) is 0 Å². The largest absolute Gasteiger partial charge is 0.335 e. The van der Waals surface area contributed by atoms with Crippen molar-refractivity contribution in [3.8, 4) is 11.1 Å². The van der Waals surface area contributed by atoms with Crippen molar-refractivity contribution in [3.05, 3.63) is 71.4 Å². The molecule has 0 aliphatic rings. The topological polar surface area (TPSA) is 81.2 Å². The van der Waals surface area contributed by atoms with Crippen molar-refractivity contribution in [2.75, 3.05) is 24.7 Å². The predicted molar refractivity (Wildman–Crippen MR) is 117 cm³/mol. The Balaban J connectivity index is 1.89. The van der Waals surface area contributed by atoms with Crippen LogP contribution in [-0.2, 0) is 4.79 Å². The molecule has 0 spiro atoms. The van der Waals surface area contributed by atoms with Crippen LogP contribution in [0.5, 0.6) is 0 Å². The maximum absolute atomic E-state index is 12.9. The number of rotatable bonds is 8. The summed E-state index contributed by atoms with van der Waals surface area (Å²) in [5.41, 5.74) is 1.43. The molecule has 0 atom stereocenters. The van der Waals surface area contributed by atoms with E-state index in [0.29, 0.717) is 28.5 Å². The second-order valence-electron chi connectivity index (χ2n) is 5.93. The quantitative estimate of drug-likeness (QED) is 0.266. The van der Waals surface area contributed by atoms with Crippen molar-refractivity contribution in [1.82, 2.24) is 14.6 Å². The van der Waals surface area contributed by atoms with Crippen LogP contribution in [0.15, 0.2) is 71.0 Å². The number of hydrogen-bond donors (Lipinski definition) is 1. The Morgan fingerprint density at radius 3 is 2.57 bits per heavy atom. The Hall–Kier alpha value is -2.84. The van der Waals surface area contributed by atoms with Crippen LogP contribution < -0.4 is 11.4 Å². The third-order valence-electron chi connectivity index (χ3n) is 4.07. The molecule has 0 aliphatic heterocycles. The van der Waals surface area contributed by atoms with Crippen molar-refractivity contribution in [1.29, 1.82) is 0 Å². The van der Waals surface area contributed by atoms with Gasteiger partial charge < -0.3 is 10.7 Å². The summed E-state index contributed by atoms with van der Waals surface area (Å²) in [4.78, 5) is 32.0. The number of benzene rings is 1. The van der Waals surface area contributed by atoms with E-state index in [2.05, 4.69) is 18.1 Å². The number of nitrogens with two attached hydrogens (primary N) is 1. The van der Waals surface area contributed by atoms with Crippen LogP contribution in [0, 0.1) is 0 Å². The van der Waals surface area contributed by atoms with E-state index in [4.69, 9.17) is 5.84 Å². The summed E-state index contributed by atoms with van der Waals surface area (Å²) in [6.07, 6.45) is 3.32. The molecule has 28 heavy (non-hydrogen) atoms. The number of amides is 1. The minimum absolute atomic E-state index is 0.102. The Bertz CT molecular complexity index is 1060. The monoisotopic (exact) mass is 412 g/mol. The van der Waals surface area contributed by atoms with E-state index in [-0.39, 0.29) is 17.2 Å². The molecule has 6 nitrogen and oxygen atoms in total. The number of thioether (sulfide) groups is 1. The first-order chi connectivity index (χ1) is 13.6. The molecule has 1 amide bonds. The van der Waals surface area contributed by atoms with Crippen molar-refractivity contribution >= 4 is 39.2 Å². The summed E-state index contributed by atoms with van der Waals surface area (Å²) in [5, 5.41) is 2.71. The molecule has 3 aromatic rings. The fourth-order valence-corrected chi connectivity index (χ4v) is 4.53. The predicted octanol–water partition coefficient (Wildman–Crippen LogP) is 3.13. The van der Waals surface area contributed by atoms with Crippen LogP contribution in [0.2, 0.25) is 0 Å². The van der Waals surface area contributed by atoms with Gasteiger partial charge in [0.2, 0.25) is 5.91 Å². The summed E-state index contributed by atoms with van der Waals surface area (Å²) in [7, 11) is 0. The molecular weight excluding hydrogens is 392 g/mol. The lowest BCUT2D eigenvalue weighted by Crippen LogP contribution is -2.34. The number of hydrogen-bond acceptors (Lipinski definition) is 6. The smallest absolute Gasteiger partial charge is 0.282 e. The minimum Gasteiger partial charge on any atom is -0.335 e. The molecule has 2 heterocycles. The summed E-state index contributed by atoms with van der Waals surface area (Å²) in [5.74, 6) is 6.02. The molecule has 2 aromatic heterocycles. The lowest BCUT2D eigenvalue weighted by atomic mass is 10.1. The normalized spacial score (nSPS) is 10.7. The molecule has 8 heteroatoms. The number of thiophene rings is 1. The van der Waals surface area contributed by atoms with Gasteiger partial charge in [0.05, 0.1) is 11.1 Å². The molecule has 0 radical (unpaired) electrons. The lowest BCUT2D eigenvalue weighted by Gasteiger charge is -2.19. The average Bonchev–Trinajstić information content (AvgIpc) is 3.14. The second kappa shape index (κ2) is 8.90. The first-order valence-electron chi connectivity index (χ1n) is 8.54. The molecule has 0 saturated carbocycles. The molecule has 3 rings (SSSR count). The van der Waals surface area contributed by atoms with E-state index < -0.39 is 0 Å². The highest BCUT2D eigenvalue weighted by Gasteiger charge is 2.18. The van der Waals surface area contributed by atoms with Gasteiger partial charge in [0, 0.05) is 24.0 Å². The van der Waals surface area contributed by atoms with Crippen LogP contribution in [0.3, 0.4) is 0 Å². The van der Waals surface area contributed by atoms with Crippen LogP contribution in [0.25, 0.3) is 21.3 Å². The highest BCUT2D eigenvalue weighted by Crippen LogP contribution is 2.31. The van der Waals surface area contributed by atoms with Gasteiger partial charge in [-0.25, -0.2) is 9.66 Å². The zero-order valence-electron chi connectivity index (χ0n) is 15.2. The summed E-state index contributed by atoms with van der Waals surface area (Å²) < 4.78 is 1.02. The maximum atomic E-state index is 12.9. The van der Waals surface area contributed by atoms with Gasteiger partial charge in [0.25, 0.3) is 5.56 Å². The van der Waals surface area contributed by atoms with Crippen LogP contribution >= 0.6 is 23.1 Å². The Morgan fingerprint density at radius 1 is 1.25 bits per heavy atom. The van der Waals surface area contributed by atoms with Gasteiger partial charge >= 0.3 is 0 Å². The number of nitrogens with zero attached hydrogens (tertiary/aromatic N) is 3. The fraction of sp³-hybridized carbons (Fsp3) is 0.150. The van der Waals surface area contributed by atoms with E-state index in [1.54, 1.807) is 17.1 Å². The Morgan fingerprint density at radius 2 is 1.93 bits per heavy atom. The van der Waals surface area contributed by atoms with Gasteiger partial charge in [-0.05, 0) is 5.56 Å². The average molecular weight is 413 g/mol. The van der Waals surface area contributed by atoms with E-state index in [9.17, 15) is 9.59 Å². The number of nitrogen functional groups attached to an aromatic ring is 1. The van der Waals surface area contributed by atoms with Gasteiger partial charge in [0.1, 0.15) is 4.83 Å². The molecule has 1 aromatic carbocycles. The van der Waals surface area contributed by atoms with Crippen molar-refractivity contribution < 1.29 is 4.79 Å². The molecule has 144 valence electrons. The molecule has 2 N–H and O–H groups in total. The van der Waals surface area contributed by atoms with Crippen LogP contribution in [0.4, 0.5) is 0 Å². The van der Waals surface area contributed by atoms with E-state index in [1.807, 2.05) is 35.7 Å². The fourth-order valence-electron chi connectivity index (χ4n) is 2.72. The molecule has 0 saturated heterocycles. The Labute approximate surface area is 171 Å². The number of fused-ring (bicyclic) bond motifs is 1. The first-order valence-corrected chi connectivity index (χ1v) is 10.4. The summed E-state index contributed by atoms with van der Waals surface area (Å²) in [6, 6.07) is 9.64. The van der Waals surface area contributed by atoms with Crippen molar-refractivity contribution in [3.63, 3.8) is 0 Å². The number of carbonyl (C=O) groups excluding carboxylic acids is 1. The first kappa shape index (κ1) is 19.9. The second-order valence-corrected chi connectivity index (χ2v) is 7.73.